The molecule has 0 aliphatic heterocycles. The first-order valence-electron chi connectivity index (χ1n) is 5.73. The van der Waals surface area contributed by atoms with Crippen LogP contribution in [0.1, 0.15) is 42.9 Å². The molecule has 0 aromatic heterocycles. The van der Waals surface area contributed by atoms with Crippen molar-refractivity contribution in [2.75, 3.05) is 0 Å². The van der Waals surface area contributed by atoms with Gasteiger partial charge in [-0.3, -0.25) is 4.79 Å². The summed E-state index contributed by atoms with van der Waals surface area (Å²) in [6.45, 7) is 3.57. The maximum Gasteiger partial charge on any atom is 0.310 e. The number of hydrogen-bond donors (Lipinski definition) is 1. The molecule has 2 unspecified atom stereocenters. The molecule has 2 rings (SSSR count). The lowest BCUT2D eigenvalue weighted by Crippen LogP contribution is -2.19. The van der Waals surface area contributed by atoms with E-state index in [9.17, 15) is 4.79 Å². The van der Waals surface area contributed by atoms with Gasteiger partial charge in [-0.05, 0) is 36.6 Å². The van der Waals surface area contributed by atoms with Crippen LogP contribution in [0.15, 0.2) is 23.2 Å². The van der Waals surface area contributed by atoms with Crippen molar-refractivity contribution in [2.24, 2.45) is 0 Å². The van der Waals surface area contributed by atoms with E-state index in [2.05, 4.69) is 0 Å². The number of hydrogen-bond acceptors (Lipinski definition) is 1. The SMILES string of the molecule is CC(C(=O)O)c1ccc2c(c1)C(C)(Cl)CC(Cl)=C2. The van der Waals surface area contributed by atoms with Crippen LogP contribution >= 0.6 is 23.2 Å². The summed E-state index contributed by atoms with van der Waals surface area (Å²) < 4.78 is 0. The first kappa shape index (κ1) is 13.4. The molecule has 0 amide bonds. The van der Waals surface area contributed by atoms with Crippen molar-refractivity contribution >= 4 is 35.2 Å². The predicted octanol–water partition coefficient (Wildman–Crippen LogP) is 4.31. The molecule has 96 valence electrons. The van der Waals surface area contributed by atoms with E-state index in [0.717, 1.165) is 21.7 Å². The van der Waals surface area contributed by atoms with Gasteiger partial charge in [0.1, 0.15) is 0 Å². The number of allylic oxidation sites excluding steroid dienone is 1. The normalized spacial score (nSPS) is 24.1. The largest absolute Gasteiger partial charge is 0.481 e. The second-order valence-electron chi connectivity index (χ2n) is 4.87. The molecule has 0 saturated carbocycles. The Balaban J connectivity index is 2.52. The summed E-state index contributed by atoms with van der Waals surface area (Å²) in [5.74, 6) is -1.38. The third-order valence-electron chi connectivity index (χ3n) is 3.32. The minimum atomic E-state index is -0.837. The number of halogens is 2. The maximum atomic E-state index is 11.0. The molecular weight excluding hydrogens is 271 g/mol. The van der Waals surface area contributed by atoms with Gasteiger partial charge >= 0.3 is 5.97 Å². The van der Waals surface area contributed by atoms with Gasteiger partial charge in [0, 0.05) is 11.5 Å². The van der Waals surface area contributed by atoms with Gasteiger partial charge in [0.05, 0.1) is 10.8 Å². The van der Waals surface area contributed by atoms with Crippen molar-refractivity contribution in [3.8, 4) is 0 Å². The van der Waals surface area contributed by atoms with Crippen LogP contribution in [0.25, 0.3) is 6.08 Å². The van der Waals surface area contributed by atoms with E-state index in [1.54, 1.807) is 6.92 Å². The Morgan fingerprint density at radius 2 is 2.17 bits per heavy atom. The monoisotopic (exact) mass is 284 g/mol. The lowest BCUT2D eigenvalue weighted by Gasteiger charge is -2.29. The van der Waals surface area contributed by atoms with Crippen molar-refractivity contribution < 1.29 is 9.90 Å². The zero-order valence-corrected chi connectivity index (χ0v) is 11.7. The Labute approximate surface area is 116 Å². The van der Waals surface area contributed by atoms with E-state index in [-0.39, 0.29) is 0 Å². The topological polar surface area (TPSA) is 37.3 Å². The molecule has 2 atom stereocenters. The quantitative estimate of drug-likeness (QED) is 0.822. The fraction of sp³-hybridized carbons (Fsp3) is 0.357. The third kappa shape index (κ3) is 2.40. The van der Waals surface area contributed by atoms with Gasteiger partial charge in [-0.25, -0.2) is 0 Å². The van der Waals surface area contributed by atoms with Gasteiger partial charge in [-0.15, -0.1) is 11.6 Å². The Kier molecular flexibility index (Phi) is 3.43. The molecule has 0 fully saturated rings. The second kappa shape index (κ2) is 4.60. The molecule has 1 aliphatic carbocycles. The number of rotatable bonds is 2. The summed E-state index contributed by atoms with van der Waals surface area (Å²) in [7, 11) is 0. The number of alkyl halides is 1. The molecular formula is C14H14Cl2O2. The van der Waals surface area contributed by atoms with E-state index >= 15 is 0 Å². The average Bonchev–Trinajstić information content (AvgIpc) is 2.26. The predicted molar refractivity (Wildman–Crippen MR) is 74.1 cm³/mol. The van der Waals surface area contributed by atoms with Crippen LogP contribution in [0.5, 0.6) is 0 Å². The lowest BCUT2D eigenvalue weighted by atomic mass is 9.84. The standard InChI is InChI=1S/C14H14Cl2O2/c1-8(13(17)18)9-3-4-10-5-11(15)7-14(2,16)12(10)6-9/h3-6,8H,7H2,1-2H3,(H,17,18). The van der Waals surface area contributed by atoms with E-state index < -0.39 is 16.8 Å². The minimum absolute atomic E-state index is 0.538. The average molecular weight is 285 g/mol. The molecule has 0 heterocycles. The molecule has 0 spiro atoms. The molecule has 0 radical (unpaired) electrons. The molecule has 0 saturated heterocycles. The molecule has 1 aliphatic rings. The molecule has 1 aromatic rings. The summed E-state index contributed by atoms with van der Waals surface area (Å²) >= 11 is 12.5. The van der Waals surface area contributed by atoms with Gasteiger partial charge in [-0.1, -0.05) is 29.8 Å². The Morgan fingerprint density at radius 1 is 1.50 bits per heavy atom. The summed E-state index contributed by atoms with van der Waals surface area (Å²) in [5.41, 5.74) is 2.67. The number of benzene rings is 1. The minimum Gasteiger partial charge on any atom is -0.481 e. The number of carbonyl (C=O) groups is 1. The molecule has 2 nitrogen and oxygen atoms in total. The second-order valence-corrected chi connectivity index (χ2v) is 6.19. The fourth-order valence-electron chi connectivity index (χ4n) is 2.20. The molecule has 18 heavy (non-hydrogen) atoms. The zero-order valence-electron chi connectivity index (χ0n) is 10.2. The van der Waals surface area contributed by atoms with Crippen molar-refractivity contribution in [3.05, 3.63) is 39.9 Å². The van der Waals surface area contributed by atoms with Crippen LogP contribution in [0.4, 0.5) is 0 Å². The smallest absolute Gasteiger partial charge is 0.310 e. The number of aliphatic carboxylic acids is 1. The molecule has 1 aromatic carbocycles. The Hall–Kier alpha value is -0.990. The van der Waals surface area contributed by atoms with Gasteiger partial charge in [-0.2, -0.15) is 0 Å². The van der Waals surface area contributed by atoms with Gasteiger partial charge in [0.25, 0.3) is 0 Å². The summed E-state index contributed by atoms with van der Waals surface area (Å²) in [6.07, 6.45) is 2.45. The van der Waals surface area contributed by atoms with E-state index in [1.165, 1.54) is 0 Å². The number of carboxylic acid groups (broad SMARTS) is 1. The molecule has 4 heteroatoms. The van der Waals surface area contributed by atoms with Gasteiger partial charge in [0.15, 0.2) is 0 Å². The summed E-state index contributed by atoms with van der Waals surface area (Å²) in [6, 6.07) is 5.57. The lowest BCUT2D eigenvalue weighted by molar-refractivity contribution is -0.138. The number of carboxylic acids is 1. The highest BCUT2D eigenvalue weighted by atomic mass is 35.5. The highest BCUT2D eigenvalue weighted by Crippen LogP contribution is 2.43. The Bertz CT molecular complexity index is 533. The fourth-order valence-corrected chi connectivity index (χ4v) is 2.96. The van der Waals surface area contributed by atoms with Crippen molar-refractivity contribution in [1.29, 1.82) is 0 Å². The van der Waals surface area contributed by atoms with Crippen molar-refractivity contribution in [1.82, 2.24) is 0 Å². The number of fused-ring (bicyclic) bond motifs is 1. The van der Waals surface area contributed by atoms with Gasteiger partial charge in [0.2, 0.25) is 0 Å². The van der Waals surface area contributed by atoms with Crippen molar-refractivity contribution in [3.63, 3.8) is 0 Å². The van der Waals surface area contributed by atoms with Crippen LogP contribution in [0, 0.1) is 0 Å². The summed E-state index contributed by atoms with van der Waals surface area (Å²) in [5, 5.41) is 9.77. The summed E-state index contributed by atoms with van der Waals surface area (Å²) in [4.78, 5) is 10.4. The first-order chi connectivity index (χ1) is 8.31. The third-order valence-corrected chi connectivity index (χ3v) is 3.90. The maximum absolute atomic E-state index is 11.0. The van der Waals surface area contributed by atoms with Crippen LogP contribution < -0.4 is 0 Å². The highest BCUT2D eigenvalue weighted by molar-refractivity contribution is 6.33. The zero-order chi connectivity index (χ0) is 13.5. The highest BCUT2D eigenvalue weighted by Gasteiger charge is 2.31. The van der Waals surface area contributed by atoms with E-state index in [0.29, 0.717) is 6.42 Å². The first-order valence-corrected chi connectivity index (χ1v) is 6.49. The van der Waals surface area contributed by atoms with Crippen LogP contribution in [-0.4, -0.2) is 11.1 Å². The molecule has 0 bridgehead atoms. The van der Waals surface area contributed by atoms with Crippen molar-refractivity contribution in [2.45, 2.75) is 31.1 Å². The van der Waals surface area contributed by atoms with Crippen LogP contribution in [-0.2, 0) is 9.67 Å². The Morgan fingerprint density at radius 3 is 2.78 bits per heavy atom. The molecule has 1 N–H and O–H groups in total. The van der Waals surface area contributed by atoms with Crippen LogP contribution in [0.3, 0.4) is 0 Å². The van der Waals surface area contributed by atoms with Gasteiger partial charge < -0.3 is 5.11 Å². The van der Waals surface area contributed by atoms with Crippen LogP contribution in [0.2, 0.25) is 0 Å². The van der Waals surface area contributed by atoms with E-state index in [4.69, 9.17) is 28.3 Å². The van der Waals surface area contributed by atoms with E-state index in [1.807, 2.05) is 31.2 Å².